The van der Waals surface area contributed by atoms with Gasteiger partial charge in [0.1, 0.15) is 11.6 Å². The number of ether oxygens (including phenoxy) is 2. The lowest BCUT2D eigenvalue weighted by Gasteiger charge is -2.38. The summed E-state index contributed by atoms with van der Waals surface area (Å²) in [6.45, 7) is 17.4. The van der Waals surface area contributed by atoms with Crippen molar-refractivity contribution in [2.24, 2.45) is 23.7 Å². The molecule has 1 aromatic rings. The molecular formula is C36H63N3O7SSi. The number of nitrogens with one attached hydrogen (secondary N) is 1. The summed E-state index contributed by atoms with van der Waals surface area (Å²) in [6, 6.07) is 1.77. The third kappa shape index (κ3) is 11.4. The number of likely N-dealkylation sites (tertiary alicyclic amines) is 1. The summed E-state index contributed by atoms with van der Waals surface area (Å²) >= 11 is 1.36. The maximum Gasteiger partial charge on any atom is 0.357 e. The number of likely N-dealkylation sites (N-methyl/N-ethyl adjacent to an activating group) is 1. The Morgan fingerprint density at radius 1 is 1.06 bits per heavy atom. The van der Waals surface area contributed by atoms with Crippen molar-refractivity contribution in [1.82, 2.24) is 15.2 Å². The Hall–Kier alpha value is -2.15. The van der Waals surface area contributed by atoms with Gasteiger partial charge in [-0.05, 0) is 75.2 Å². The molecule has 1 amide bonds. The Balaban J connectivity index is 2.60. The minimum atomic E-state index is -2.17. The number of hydrogen-bond donors (Lipinski definition) is 1. The zero-order valence-corrected chi connectivity index (χ0v) is 33.1. The minimum Gasteiger partial charge on any atom is -0.465 e. The van der Waals surface area contributed by atoms with Crippen LogP contribution in [0, 0.1) is 23.7 Å². The van der Waals surface area contributed by atoms with Crippen LogP contribution in [0.5, 0.6) is 0 Å². The molecule has 0 bridgehead atoms. The fourth-order valence-electron chi connectivity index (χ4n) is 6.77. The SMILES string of the molecule is CCCC(=O)OCC(C(=O)[C@@H](NC(=O)[C@H]1CCCCN1C)[C@@H](C)CC)[C@H](CC(O[Si](CC)(CC)CC)c1nc(C(=O)OC)cs1)C(C)C. The van der Waals surface area contributed by atoms with E-state index in [2.05, 4.69) is 49.8 Å². The van der Waals surface area contributed by atoms with Crippen LogP contribution >= 0.6 is 11.3 Å². The van der Waals surface area contributed by atoms with Gasteiger partial charge in [-0.3, -0.25) is 19.3 Å². The number of esters is 2. The average Bonchev–Trinajstić information content (AvgIpc) is 3.58. The molecule has 0 aromatic carbocycles. The van der Waals surface area contributed by atoms with E-state index in [1.54, 1.807) is 5.38 Å². The summed E-state index contributed by atoms with van der Waals surface area (Å²) in [5, 5.41) is 5.54. The smallest absolute Gasteiger partial charge is 0.357 e. The monoisotopic (exact) mass is 709 g/mol. The van der Waals surface area contributed by atoms with Crippen LogP contribution in [0.2, 0.25) is 18.1 Å². The molecule has 10 nitrogen and oxygen atoms in total. The zero-order valence-electron chi connectivity index (χ0n) is 31.3. The van der Waals surface area contributed by atoms with E-state index in [4.69, 9.17) is 13.9 Å². The molecule has 0 saturated carbocycles. The van der Waals surface area contributed by atoms with Crippen molar-refractivity contribution in [2.75, 3.05) is 27.3 Å². The maximum absolute atomic E-state index is 14.8. The molecule has 1 aliphatic heterocycles. The molecular weight excluding hydrogens is 647 g/mol. The highest BCUT2D eigenvalue weighted by molar-refractivity contribution is 7.09. The molecule has 0 spiro atoms. The molecule has 1 aromatic heterocycles. The molecule has 1 aliphatic rings. The number of methoxy groups -OCH3 is 1. The fourth-order valence-corrected chi connectivity index (χ4v) is 10.5. The Morgan fingerprint density at radius 2 is 1.73 bits per heavy atom. The lowest BCUT2D eigenvalue weighted by Crippen LogP contribution is -2.56. The normalized spacial score (nSPS) is 18.9. The molecule has 2 rings (SSSR count). The van der Waals surface area contributed by atoms with Gasteiger partial charge in [-0.15, -0.1) is 11.3 Å². The molecule has 48 heavy (non-hydrogen) atoms. The van der Waals surface area contributed by atoms with Gasteiger partial charge in [-0.1, -0.05) is 68.2 Å². The number of aromatic nitrogens is 1. The Bertz CT molecular complexity index is 1170. The van der Waals surface area contributed by atoms with Crippen LogP contribution in [0.1, 0.15) is 122 Å². The highest BCUT2D eigenvalue weighted by Crippen LogP contribution is 2.40. The van der Waals surface area contributed by atoms with E-state index in [0.29, 0.717) is 24.3 Å². The number of ketones is 1. The van der Waals surface area contributed by atoms with E-state index in [0.717, 1.165) is 43.9 Å². The van der Waals surface area contributed by atoms with Gasteiger partial charge >= 0.3 is 11.9 Å². The van der Waals surface area contributed by atoms with Crippen molar-refractivity contribution >= 4 is 43.3 Å². The van der Waals surface area contributed by atoms with Crippen molar-refractivity contribution in [3.05, 3.63) is 16.1 Å². The van der Waals surface area contributed by atoms with Gasteiger partial charge < -0.3 is 19.2 Å². The predicted octanol–water partition coefficient (Wildman–Crippen LogP) is 7.20. The van der Waals surface area contributed by atoms with Crippen LogP contribution in [0.3, 0.4) is 0 Å². The molecule has 274 valence electrons. The third-order valence-electron chi connectivity index (χ3n) is 10.5. The highest BCUT2D eigenvalue weighted by atomic mass is 32.1. The van der Waals surface area contributed by atoms with Crippen molar-refractivity contribution in [2.45, 2.75) is 137 Å². The predicted molar refractivity (Wildman–Crippen MR) is 193 cm³/mol. The van der Waals surface area contributed by atoms with Crippen LogP contribution in [0.15, 0.2) is 5.38 Å². The van der Waals surface area contributed by atoms with Gasteiger partial charge in [0.2, 0.25) is 5.91 Å². The Labute approximate surface area is 294 Å². The second kappa shape index (κ2) is 20.5. The molecule has 2 heterocycles. The van der Waals surface area contributed by atoms with Gasteiger partial charge in [0.25, 0.3) is 0 Å². The second-order valence-corrected chi connectivity index (χ2v) is 19.5. The minimum absolute atomic E-state index is 0.00803. The van der Waals surface area contributed by atoms with Crippen molar-refractivity contribution in [1.29, 1.82) is 0 Å². The second-order valence-electron chi connectivity index (χ2n) is 13.9. The first-order chi connectivity index (χ1) is 22.8. The summed E-state index contributed by atoms with van der Waals surface area (Å²) in [5.41, 5.74) is 0.234. The van der Waals surface area contributed by atoms with E-state index in [1.807, 2.05) is 27.8 Å². The van der Waals surface area contributed by atoms with E-state index in [9.17, 15) is 19.2 Å². The van der Waals surface area contributed by atoms with Crippen LogP contribution in [0.25, 0.3) is 0 Å². The first-order valence-electron chi connectivity index (χ1n) is 18.2. The third-order valence-corrected chi connectivity index (χ3v) is 16.1. The van der Waals surface area contributed by atoms with Crippen molar-refractivity contribution in [3.8, 4) is 0 Å². The van der Waals surface area contributed by atoms with Crippen LogP contribution in [-0.2, 0) is 28.3 Å². The number of nitrogens with zero attached hydrogens (tertiary/aromatic N) is 2. The quantitative estimate of drug-likeness (QED) is 0.104. The van der Waals surface area contributed by atoms with Crippen LogP contribution in [-0.4, -0.2) is 81.2 Å². The van der Waals surface area contributed by atoms with E-state index >= 15 is 0 Å². The standard InChI is InChI=1S/C36H63N3O7SSi/c1-11-18-31(40)45-22-27(33(41)32(25(8)12-2)38-34(42)29-19-16-17-20-39(29)9)26(24(6)7)21-30(46-48(13-3,14-4)15-5)35-37-28(23-47-35)36(43)44-10/h23-27,29-30,32H,11-22H2,1-10H3,(H,38,42)/t25-,26+,27?,29+,30?,32-/m0/s1. The molecule has 0 aliphatic carbocycles. The molecule has 1 saturated heterocycles. The summed E-state index contributed by atoms with van der Waals surface area (Å²) in [7, 11) is 1.12. The Morgan fingerprint density at radius 3 is 2.27 bits per heavy atom. The maximum atomic E-state index is 14.8. The fraction of sp³-hybridized carbons (Fsp3) is 0.806. The van der Waals surface area contributed by atoms with E-state index < -0.39 is 32.4 Å². The van der Waals surface area contributed by atoms with Gasteiger partial charge in [0.05, 0.1) is 31.2 Å². The number of amides is 1. The van der Waals surface area contributed by atoms with Gasteiger partial charge in [-0.2, -0.15) is 0 Å². The van der Waals surface area contributed by atoms with Crippen molar-refractivity contribution < 1.29 is 33.1 Å². The van der Waals surface area contributed by atoms with Gasteiger partial charge in [0, 0.05) is 11.8 Å². The Kier molecular flexibility index (Phi) is 17.9. The summed E-state index contributed by atoms with van der Waals surface area (Å²) in [6.07, 6.45) is 4.40. The molecule has 6 atom stereocenters. The summed E-state index contributed by atoms with van der Waals surface area (Å²) in [4.78, 5) is 60.3. The molecule has 1 fully saturated rings. The topological polar surface area (TPSA) is 124 Å². The van der Waals surface area contributed by atoms with Gasteiger partial charge in [-0.25, -0.2) is 9.78 Å². The number of rotatable bonds is 21. The van der Waals surface area contributed by atoms with Crippen molar-refractivity contribution in [3.63, 3.8) is 0 Å². The molecule has 1 N–H and O–H groups in total. The van der Waals surface area contributed by atoms with E-state index in [-0.39, 0.29) is 60.2 Å². The molecule has 2 unspecified atom stereocenters. The van der Waals surface area contributed by atoms with E-state index in [1.165, 1.54) is 18.4 Å². The number of piperidine rings is 1. The molecule has 0 radical (unpaired) electrons. The lowest BCUT2D eigenvalue weighted by atomic mass is 9.74. The zero-order chi connectivity index (χ0) is 36.0. The summed E-state index contributed by atoms with van der Waals surface area (Å²) < 4.78 is 17.9. The lowest BCUT2D eigenvalue weighted by molar-refractivity contribution is -0.149. The van der Waals surface area contributed by atoms with Crippen LogP contribution < -0.4 is 5.32 Å². The number of carbonyl (C=O) groups is 4. The number of hydrogen-bond acceptors (Lipinski definition) is 10. The number of carbonyl (C=O) groups excluding carboxylic acids is 4. The largest absolute Gasteiger partial charge is 0.465 e. The first-order valence-corrected chi connectivity index (χ1v) is 21.6. The highest BCUT2D eigenvalue weighted by Gasteiger charge is 2.42. The number of thiazole rings is 1. The van der Waals surface area contributed by atoms with Crippen LogP contribution in [0.4, 0.5) is 0 Å². The average molecular weight is 710 g/mol. The summed E-state index contributed by atoms with van der Waals surface area (Å²) in [5.74, 6) is -2.13. The molecule has 12 heteroatoms. The number of Topliss-reactive ketones (excluding diaryl/α,β-unsaturated/α-hetero) is 1. The first kappa shape index (κ1) is 42.0. The van der Waals surface area contributed by atoms with Gasteiger partial charge in [0.15, 0.2) is 19.8 Å².